The lowest BCUT2D eigenvalue weighted by atomic mass is 10.2. The van der Waals surface area contributed by atoms with E-state index >= 15 is 0 Å². The fourth-order valence-corrected chi connectivity index (χ4v) is 6.05. The molecule has 1 aliphatic heterocycles. The van der Waals surface area contributed by atoms with Gasteiger partial charge in [-0.2, -0.15) is 0 Å². The van der Waals surface area contributed by atoms with Crippen molar-refractivity contribution in [3.05, 3.63) is 63.8 Å². The molecule has 1 saturated heterocycles. The van der Waals surface area contributed by atoms with Crippen LogP contribution in [0.4, 0.5) is 5.69 Å². The van der Waals surface area contributed by atoms with Crippen molar-refractivity contribution in [1.29, 1.82) is 0 Å². The summed E-state index contributed by atoms with van der Waals surface area (Å²) in [5.74, 6) is 0.0840. The van der Waals surface area contributed by atoms with Gasteiger partial charge in [0.1, 0.15) is 4.83 Å². The van der Waals surface area contributed by atoms with E-state index in [1.165, 1.54) is 28.8 Å². The quantitative estimate of drug-likeness (QED) is 0.310. The van der Waals surface area contributed by atoms with E-state index in [9.17, 15) is 9.59 Å². The minimum absolute atomic E-state index is 0.0598. The number of anilines is 1. The van der Waals surface area contributed by atoms with E-state index in [1.807, 2.05) is 43.9 Å². The maximum absolute atomic E-state index is 13.2. The number of piperazine rings is 1. The van der Waals surface area contributed by atoms with E-state index in [0.717, 1.165) is 28.4 Å². The first-order chi connectivity index (χ1) is 15.4. The topological polar surface area (TPSA) is 58.4 Å². The van der Waals surface area contributed by atoms with Crippen LogP contribution in [0.15, 0.2) is 52.9 Å². The molecule has 8 heteroatoms. The highest BCUT2D eigenvalue weighted by atomic mass is 32.2. The fraction of sp³-hybridized carbons (Fsp3) is 0.375. The molecule has 0 spiro atoms. The minimum Gasteiger partial charge on any atom is -0.368 e. The molecular weight excluding hydrogens is 440 g/mol. The van der Waals surface area contributed by atoms with Crippen molar-refractivity contribution in [2.75, 3.05) is 31.1 Å². The number of aromatic nitrogens is 2. The Balaban J connectivity index is 1.50. The van der Waals surface area contributed by atoms with Crippen LogP contribution in [0.5, 0.6) is 0 Å². The first-order valence-electron chi connectivity index (χ1n) is 10.8. The predicted octanol–water partition coefficient (Wildman–Crippen LogP) is 4.09. The van der Waals surface area contributed by atoms with E-state index in [-0.39, 0.29) is 16.7 Å². The molecule has 0 bridgehead atoms. The Morgan fingerprint density at radius 1 is 1.22 bits per heavy atom. The summed E-state index contributed by atoms with van der Waals surface area (Å²) in [5.41, 5.74) is 2.11. The Hall–Kier alpha value is -2.58. The molecule has 1 aliphatic rings. The van der Waals surface area contributed by atoms with Crippen LogP contribution >= 0.6 is 23.1 Å². The highest BCUT2D eigenvalue weighted by Crippen LogP contribution is 2.30. The maximum atomic E-state index is 13.2. The number of hydrogen-bond acceptors (Lipinski definition) is 6. The Bertz CT molecular complexity index is 1190. The maximum Gasteiger partial charge on any atom is 0.263 e. The number of carbonyl (C=O) groups excluding carboxylic acids is 1. The third-order valence-corrected chi connectivity index (χ3v) is 8.09. The van der Waals surface area contributed by atoms with Gasteiger partial charge in [0.25, 0.3) is 5.56 Å². The molecule has 1 amide bonds. The zero-order chi connectivity index (χ0) is 22.8. The van der Waals surface area contributed by atoms with Gasteiger partial charge in [-0.3, -0.25) is 14.2 Å². The van der Waals surface area contributed by atoms with E-state index in [1.54, 1.807) is 10.6 Å². The second kappa shape index (κ2) is 9.50. The van der Waals surface area contributed by atoms with Gasteiger partial charge >= 0.3 is 0 Å². The molecule has 6 nitrogen and oxygen atoms in total. The number of fused-ring (bicyclic) bond motifs is 1. The molecule has 0 saturated carbocycles. The standard InChI is InChI=1S/C24H28N4O2S2/c1-5-11-28-23(30)20-16(2)17(3)31-21(20)25-24(28)32-18(4)22(29)27-14-12-26(13-15-27)19-9-7-6-8-10-19/h5-10,18H,1,11-15H2,2-4H3. The Morgan fingerprint density at radius 3 is 2.56 bits per heavy atom. The molecule has 3 heterocycles. The number of carbonyl (C=O) groups is 1. The van der Waals surface area contributed by atoms with Crippen molar-refractivity contribution in [1.82, 2.24) is 14.5 Å². The zero-order valence-corrected chi connectivity index (χ0v) is 20.3. The molecule has 1 unspecified atom stereocenters. The van der Waals surface area contributed by atoms with Gasteiger partial charge in [-0.05, 0) is 38.5 Å². The molecule has 1 fully saturated rings. The molecule has 0 N–H and O–H groups in total. The van der Waals surface area contributed by atoms with Crippen LogP contribution in [0, 0.1) is 13.8 Å². The number of amides is 1. The highest BCUT2D eigenvalue weighted by Gasteiger charge is 2.27. The molecule has 1 aromatic carbocycles. The normalized spacial score (nSPS) is 15.2. The van der Waals surface area contributed by atoms with Gasteiger partial charge in [0.05, 0.1) is 10.6 Å². The third kappa shape index (κ3) is 4.34. The Labute approximate surface area is 196 Å². The van der Waals surface area contributed by atoms with Crippen molar-refractivity contribution in [2.45, 2.75) is 37.7 Å². The fourth-order valence-electron chi connectivity index (χ4n) is 3.98. The minimum atomic E-state index is -0.333. The van der Waals surface area contributed by atoms with Crippen LogP contribution < -0.4 is 10.5 Å². The SMILES string of the molecule is C=CCn1c(SC(C)C(=O)N2CCN(c3ccccc3)CC2)nc2sc(C)c(C)c2c1=O. The number of thiophene rings is 1. The third-order valence-electron chi connectivity index (χ3n) is 5.91. The van der Waals surface area contributed by atoms with Crippen LogP contribution in [0.3, 0.4) is 0 Å². The van der Waals surface area contributed by atoms with E-state index in [4.69, 9.17) is 4.98 Å². The number of aryl methyl sites for hydroxylation is 2. The molecule has 4 rings (SSSR count). The summed E-state index contributed by atoms with van der Waals surface area (Å²) in [4.78, 5) is 37.2. The summed E-state index contributed by atoms with van der Waals surface area (Å²) in [6.45, 7) is 13.0. The molecule has 3 aromatic rings. The first-order valence-corrected chi connectivity index (χ1v) is 12.5. The van der Waals surface area contributed by atoms with Crippen molar-refractivity contribution < 1.29 is 4.79 Å². The second-order valence-electron chi connectivity index (χ2n) is 7.97. The van der Waals surface area contributed by atoms with E-state index < -0.39 is 0 Å². The lowest BCUT2D eigenvalue weighted by molar-refractivity contribution is -0.130. The highest BCUT2D eigenvalue weighted by molar-refractivity contribution is 8.00. The van der Waals surface area contributed by atoms with E-state index in [0.29, 0.717) is 30.2 Å². The van der Waals surface area contributed by atoms with Crippen LogP contribution in [-0.2, 0) is 11.3 Å². The van der Waals surface area contributed by atoms with Gasteiger partial charge in [-0.1, -0.05) is 36.0 Å². The van der Waals surface area contributed by atoms with Gasteiger partial charge in [0.2, 0.25) is 5.91 Å². The summed E-state index contributed by atoms with van der Waals surface area (Å²) in [6, 6.07) is 10.3. The molecule has 32 heavy (non-hydrogen) atoms. The summed E-state index contributed by atoms with van der Waals surface area (Å²) in [7, 11) is 0. The molecule has 2 aromatic heterocycles. The number of thioether (sulfide) groups is 1. The smallest absolute Gasteiger partial charge is 0.263 e. The molecule has 0 aliphatic carbocycles. The van der Waals surface area contributed by atoms with Gasteiger partial charge in [-0.15, -0.1) is 17.9 Å². The monoisotopic (exact) mass is 468 g/mol. The lowest BCUT2D eigenvalue weighted by Crippen LogP contribution is -2.50. The molecule has 168 valence electrons. The number of allylic oxidation sites excluding steroid dienone is 1. The van der Waals surface area contributed by atoms with Gasteiger partial charge in [0, 0.05) is 43.3 Å². The number of benzene rings is 1. The van der Waals surface area contributed by atoms with Crippen LogP contribution in [0.2, 0.25) is 0 Å². The van der Waals surface area contributed by atoms with Crippen LogP contribution in [0.25, 0.3) is 10.2 Å². The summed E-state index contributed by atoms with van der Waals surface area (Å²) in [6.07, 6.45) is 1.70. The van der Waals surface area contributed by atoms with Crippen LogP contribution in [-0.4, -0.2) is 51.8 Å². The van der Waals surface area contributed by atoms with Crippen molar-refractivity contribution in [2.24, 2.45) is 0 Å². The Kier molecular flexibility index (Phi) is 6.71. The van der Waals surface area contributed by atoms with Crippen molar-refractivity contribution in [3.8, 4) is 0 Å². The average molecular weight is 469 g/mol. The molecule has 0 radical (unpaired) electrons. The van der Waals surface area contributed by atoms with Crippen molar-refractivity contribution in [3.63, 3.8) is 0 Å². The van der Waals surface area contributed by atoms with Gasteiger partial charge < -0.3 is 9.80 Å². The van der Waals surface area contributed by atoms with E-state index in [2.05, 4.69) is 23.6 Å². The van der Waals surface area contributed by atoms with Crippen LogP contribution in [0.1, 0.15) is 17.4 Å². The number of hydrogen-bond donors (Lipinski definition) is 0. The summed E-state index contributed by atoms with van der Waals surface area (Å²) < 4.78 is 1.64. The number of para-hydroxylation sites is 1. The predicted molar refractivity (Wildman–Crippen MR) is 134 cm³/mol. The summed E-state index contributed by atoms with van der Waals surface area (Å²) >= 11 is 2.89. The average Bonchev–Trinajstić information content (AvgIpc) is 3.09. The van der Waals surface area contributed by atoms with Crippen molar-refractivity contribution >= 4 is 44.9 Å². The number of nitrogens with zero attached hydrogens (tertiary/aromatic N) is 4. The first kappa shape index (κ1) is 22.6. The largest absolute Gasteiger partial charge is 0.368 e. The van der Waals surface area contributed by atoms with Gasteiger partial charge in [0.15, 0.2) is 5.16 Å². The molecule has 1 atom stereocenters. The zero-order valence-electron chi connectivity index (χ0n) is 18.7. The second-order valence-corrected chi connectivity index (χ2v) is 10.5. The summed E-state index contributed by atoms with van der Waals surface area (Å²) in [5, 5.41) is 0.919. The number of rotatable bonds is 6. The lowest BCUT2D eigenvalue weighted by Gasteiger charge is -2.37. The van der Waals surface area contributed by atoms with Gasteiger partial charge in [-0.25, -0.2) is 4.98 Å². The Morgan fingerprint density at radius 2 is 1.91 bits per heavy atom. The molecular formula is C24H28N4O2S2.